The molecule has 1 N–H and O–H groups in total. The molecule has 3 unspecified atom stereocenters. The van der Waals surface area contributed by atoms with Crippen molar-refractivity contribution in [2.24, 2.45) is 11.3 Å². The van der Waals surface area contributed by atoms with Gasteiger partial charge in [-0.15, -0.1) is 0 Å². The topological polar surface area (TPSA) is 145 Å². The molecule has 5 rings (SSSR count). The number of hydrogen-bond donors (Lipinski definition) is 1. The van der Waals surface area contributed by atoms with Gasteiger partial charge in [-0.25, -0.2) is 18.1 Å². The minimum absolute atomic E-state index is 0.0576. The van der Waals surface area contributed by atoms with Gasteiger partial charge in [0.15, 0.2) is 0 Å². The van der Waals surface area contributed by atoms with Crippen LogP contribution in [0.3, 0.4) is 0 Å². The van der Waals surface area contributed by atoms with E-state index in [0.717, 1.165) is 6.92 Å². The van der Waals surface area contributed by atoms with Gasteiger partial charge in [0.2, 0.25) is 22.0 Å². The Morgan fingerprint density at radius 2 is 1.78 bits per heavy atom. The number of nitrogens with one attached hydrogen (secondary N) is 1. The number of likely N-dealkylation sites (tertiary alicyclic amines) is 1. The number of nitrogens with zero attached hydrogens (tertiary/aromatic N) is 4. The van der Waals surface area contributed by atoms with Gasteiger partial charge in [0, 0.05) is 48.5 Å². The lowest BCUT2D eigenvalue weighted by atomic mass is 9.62. The van der Waals surface area contributed by atoms with Gasteiger partial charge in [-0.05, 0) is 31.4 Å². The average molecular weight is 662 g/mol. The van der Waals surface area contributed by atoms with Crippen LogP contribution in [0.2, 0.25) is 0 Å². The van der Waals surface area contributed by atoms with Crippen molar-refractivity contribution < 1.29 is 31.3 Å². The summed E-state index contributed by atoms with van der Waals surface area (Å²) in [5, 5.41) is 12.6. The van der Waals surface area contributed by atoms with Crippen molar-refractivity contribution in [3.8, 4) is 11.3 Å². The van der Waals surface area contributed by atoms with Crippen LogP contribution >= 0.6 is 0 Å². The van der Waals surface area contributed by atoms with E-state index in [9.17, 15) is 41.3 Å². The second-order valence-corrected chi connectivity index (χ2v) is 13.9. The normalized spacial score (nSPS) is 24.2. The molecule has 0 bridgehead atoms. The van der Waals surface area contributed by atoms with E-state index in [4.69, 9.17) is 0 Å². The van der Waals surface area contributed by atoms with E-state index in [2.05, 4.69) is 9.71 Å². The fourth-order valence-electron chi connectivity index (χ4n) is 7.12. The van der Waals surface area contributed by atoms with Gasteiger partial charge in [-0.2, -0.15) is 13.2 Å². The predicted molar refractivity (Wildman–Crippen MR) is 162 cm³/mol. The molecule has 246 valence electrons. The fraction of sp³-hybridized carbons (Fsp3) is 0.452. The third-order valence-electron chi connectivity index (χ3n) is 9.27. The number of hydrogen-bond acceptors (Lipinski definition) is 7. The van der Waals surface area contributed by atoms with E-state index in [1.807, 2.05) is 0 Å². The third-order valence-corrected chi connectivity index (χ3v) is 10.8. The molecule has 1 spiro atoms. The molecule has 11 nitrogen and oxygen atoms in total. The molecule has 1 aliphatic heterocycles. The van der Waals surface area contributed by atoms with E-state index in [-0.39, 0.29) is 43.8 Å². The zero-order valence-electron chi connectivity index (χ0n) is 25.0. The lowest BCUT2D eigenvalue weighted by molar-refractivity contribution is -0.543. The van der Waals surface area contributed by atoms with Crippen LogP contribution in [0.4, 0.5) is 13.2 Å². The summed E-state index contributed by atoms with van der Waals surface area (Å²) in [6, 6.07) is 16.2. The molecule has 3 aromatic rings. The second-order valence-electron chi connectivity index (χ2n) is 12.2. The van der Waals surface area contributed by atoms with Crippen molar-refractivity contribution in [1.29, 1.82) is 0 Å². The highest BCUT2D eigenvalue weighted by atomic mass is 32.2. The first-order valence-electron chi connectivity index (χ1n) is 14.9. The summed E-state index contributed by atoms with van der Waals surface area (Å²) in [5.74, 6) is -2.27. The highest BCUT2D eigenvalue weighted by Crippen LogP contribution is 2.53. The lowest BCUT2D eigenvalue weighted by Crippen LogP contribution is -2.73. The predicted octanol–water partition coefficient (Wildman–Crippen LogP) is 4.26. The minimum Gasteiger partial charge on any atom is -0.341 e. The molecule has 2 aromatic carbocycles. The molecular weight excluding hydrogens is 627 g/mol. The van der Waals surface area contributed by atoms with E-state index in [1.165, 1.54) is 46.1 Å². The van der Waals surface area contributed by atoms with E-state index in [1.54, 1.807) is 36.4 Å². The number of carbonyl (C=O) groups excluding carboxylic acids is 1. The largest absolute Gasteiger partial charge is 0.389 e. The molecule has 0 radical (unpaired) electrons. The fourth-order valence-corrected chi connectivity index (χ4v) is 8.64. The van der Waals surface area contributed by atoms with Crippen LogP contribution in [0.1, 0.15) is 39.0 Å². The summed E-state index contributed by atoms with van der Waals surface area (Å²) in [5.41, 5.74) is -2.75. The molecule has 2 heterocycles. The smallest absolute Gasteiger partial charge is 0.341 e. The van der Waals surface area contributed by atoms with Crippen molar-refractivity contribution in [2.75, 3.05) is 13.1 Å². The van der Waals surface area contributed by atoms with Crippen LogP contribution in [-0.4, -0.2) is 64.5 Å². The lowest BCUT2D eigenvalue weighted by Gasteiger charge is -2.55. The van der Waals surface area contributed by atoms with Crippen LogP contribution in [0.5, 0.6) is 0 Å². The summed E-state index contributed by atoms with van der Waals surface area (Å²) in [4.78, 5) is 44.5. The number of sulfonamides is 1. The van der Waals surface area contributed by atoms with Crippen LogP contribution in [0.25, 0.3) is 11.3 Å². The molecule has 2 aliphatic rings. The maximum Gasteiger partial charge on any atom is 0.389 e. The Morgan fingerprint density at radius 1 is 1.13 bits per heavy atom. The van der Waals surface area contributed by atoms with Gasteiger partial charge < -0.3 is 4.90 Å². The van der Waals surface area contributed by atoms with Gasteiger partial charge in [-0.3, -0.25) is 24.3 Å². The van der Waals surface area contributed by atoms with Gasteiger partial charge in [0.05, 0.1) is 34.3 Å². The molecule has 1 saturated heterocycles. The highest BCUT2D eigenvalue weighted by Gasteiger charge is 2.67. The van der Waals surface area contributed by atoms with Crippen LogP contribution in [0.15, 0.2) is 82.7 Å². The Hall–Kier alpha value is -4.11. The summed E-state index contributed by atoms with van der Waals surface area (Å²) in [6.45, 7) is 0.252. The summed E-state index contributed by atoms with van der Waals surface area (Å²) >= 11 is 0. The Labute approximate surface area is 263 Å². The number of alkyl halides is 3. The minimum atomic E-state index is -4.60. The molecule has 15 heteroatoms. The Balaban J connectivity index is 1.62. The van der Waals surface area contributed by atoms with Crippen molar-refractivity contribution in [2.45, 2.75) is 68.2 Å². The standard InChI is InChI=1S/C31H34F3N5O6S/c1-22(18-31(32,33)34)28(41)37-16-15-30(29(19-37)14-8-13-26(29)39(42)43,36-46(44,45)24-11-6-3-7-12-24)20-38-21-35-25(17-27(38)40)23-9-4-2-5-10-23/h2-7,9-12,17,21-22,26,36H,8,13-16,18-20H2,1H3/t22-,26?,29?,30?/m1/s1. The maximum absolute atomic E-state index is 13.9. The van der Waals surface area contributed by atoms with E-state index in [0.29, 0.717) is 17.7 Å². The molecule has 1 saturated carbocycles. The van der Waals surface area contributed by atoms with Crippen molar-refractivity contribution in [1.82, 2.24) is 19.2 Å². The Bertz CT molecular complexity index is 1760. The first-order chi connectivity index (χ1) is 21.7. The van der Waals surface area contributed by atoms with Gasteiger partial charge >= 0.3 is 6.18 Å². The van der Waals surface area contributed by atoms with Crippen molar-refractivity contribution in [3.05, 3.63) is 93.5 Å². The van der Waals surface area contributed by atoms with Gasteiger partial charge in [0.1, 0.15) is 0 Å². The number of amides is 1. The highest BCUT2D eigenvalue weighted by molar-refractivity contribution is 7.89. The molecule has 1 aliphatic carbocycles. The zero-order chi connectivity index (χ0) is 33.3. The Morgan fingerprint density at radius 3 is 2.39 bits per heavy atom. The molecule has 1 amide bonds. The average Bonchev–Trinajstić information content (AvgIpc) is 3.44. The summed E-state index contributed by atoms with van der Waals surface area (Å²) < 4.78 is 71.4. The molecular formula is C31H34F3N5O6S. The number of nitro groups is 1. The molecule has 1 aromatic heterocycles. The van der Waals surface area contributed by atoms with Crippen LogP contribution in [0, 0.1) is 21.4 Å². The maximum atomic E-state index is 13.9. The molecule has 2 fully saturated rings. The van der Waals surface area contributed by atoms with Crippen LogP contribution < -0.4 is 10.3 Å². The molecule has 4 atom stereocenters. The second kappa shape index (κ2) is 12.6. The number of aromatic nitrogens is 2. The van der Waals surface area contributed by atoms with Crippen molar-refractivity contribution >= 4 is 15.9 Å². The first-order valence-corrected chi connectivity index (χ1v) is 16.3. The zero-order valence-corrected chi connectivity index (χ0v) is 25.8. The monoisotopic (exact) mass is 661 g/mol. The number of halogens is 3. The summed E-state index contributed by atoms with van der Waals surface area (Å²) in [6.07, 6.45) is -4.44. The SMILES string of the molecule is C[C@H](CC(F)(F)F)C(=O)N1CCC(Cn2cnc(-c3ccccc3)cc2=O)(NS(=O)(=O)c2ccccc2)C2(CCCC2[N+](=O)[O-])C1. The van der Waals surface area contributed by atoms with Crippen molar-refractivity contribution in [3.63, 3.8) is 0 Å². The number of piperidine rings is 1. The molecule has 46 heavy (non-hydrogen) atoms. The number of carbonyl (C=O) groups is 1. The summed E-state index contributed by atoms with van der Waals surface area (Å²) in [7, 11) is -4.35. The van der Waals surface area contributed by atoms with E-state index < -0.39 is 61.9 Å². The number of rotatable bonds is 9. The quantitative estimate of drug-likeness (QED) is 0.267. The van der Waals surface area contributed by atoms with Gasteiger partial charge in [0.25, 0.3) is 5.56 Å². The number of benzene rings is 2. The van der Waals surface area contributed by atoms with Gasteiger partial charge in [-0.1, -0.05) is 55.5 Å². The Kier molecular flexibility index (Phi) is 9.10. The van der Waals surface area contributed by atoms with Crippen LogP contribution in [-0.2, 0) is 21.4 Å². The van der Waals surface area contributed by atoms with E-state index >= 15 is 0 Å². The third kappa shape index (κ3) is 6.56. The first kappa shape index (κ1) is 33.3.